The minimum atomic E-state index is -0.663. The number of ether oxygens (including phenoxy) is 1. The van der Waals surface area contributed by atoms with Gasteiger partial charge in [-0.25, -0.2) is 0 Å². The summed E-state index contributed by atoms with van der Waals surface area (Å²) in [5, 5.41) is 9.51. The molecule has 3 rings (SSSR count). The molecule has 0 radical (unpaired) electrons. The maximum Gasteiger partial charge on any atom is 0.243 e. The first-order valence-corrected chi connectivity index (χ1v) is 13.9. The van der Waals surface area contributed by atoms with E-state index in [0.29, 0.717) is 31.4 Å². The molecule has 3 amide bonds. The van der Waals surface area contributed by atoms with Crippen LogP contribution in [0.2, 0.25) is 0 Å². The highest BCUT2D eigenvalue weighted by atomic mass is 16.5. The van der Waals surface area contributed by atoms with Crippen molar-refractivity contribution in [3.63, 3.8) is 0 Å². The van der Waals surface area contributed by atoms with E-state index in [-0.39, 0.29) is 41.8 Å². The van der Waals surface area contributed by atoms with Crippen LogP contribution in [0.5, 0.6) is 0 Å². The Morgan fingerprint density at radius 1 is 0.914 bits per heavy atom. The van der Waals surface area contributed by atoms with Crippen molar-refractivity contribution >= 4 is 17.7 Å². The Hall–Kier alpha value is -1.67. The fourth-order valence-corrected chi connectivity index (χ4v) is 5.49. The number of amides is 3. The molecule has 8 nitrogen and oxygen atoms in total. The van der Waals surface area contributed by atoms with E-state index in [9.17, 15) is 14.4 Å². The Balaban J connectivity index is 1.76. The van der Waals surface area contributed by atoms with Crippen LogP contribution in [0.1, 0.15) is 85.5 Å². The van der Waals surface area contributed by atoms with Gasteiger partial charge in [0.05, 0.1) is 18.8 Å². The predicted molar refractivity (Wildman–Crippen MR) is 137 cm³/mol. The van der Waals surface area contributed by atoms with Crippen LogP contribution < -0.4 is 16.0 Å². The maximum atomic E-state index is 13.3. The molecule has 1 saturated heterocycles. The number of hydrogen-bond donors (Lipinski definition) is 3. The second kappa shape index (κ2) is 13.0. The van der Waals surface area contributed by atoms with E-state index in [2.05, 4.69) is 16.0 Å². The van der Waals surface area contributed by atoms with Gasteiger partial charge in [0, 0.05) is 19.6 Å². The number of carbonyl (C=O) groups excluding carboxylic acids is 3. The molecular weight excluding hydrogens is 444 g/mol. The predicted octanol–water partition coefficient (Wildman–Crippen LogP) is 2.61. The van der Waals surface area contributed by atoms with E-state index in [4.69, 9.17) is 4.74 Å². The Kier molecular flexibility index (Phi) is 10.4. The van der Waals surface area contributed by atoms with Gasteiger partial charge in [0.15, 0.2) is 0 Å². The number of likely N-dealkylation sites (N-methyl/N-ethyl adjacent to an activating group) is 1. The van der Waals surface area contributed by atoms with Gasteiger partial charge >= 0.3 is 0 Å². The van der Waals surface area contributed by atoms with Crippen molar-refractivity contribution in [3.05, 3.63) is 0 Å². The zero-order valence-corrected chi connectivity index (χ0v) is 22.5. The Labute approximate surface area is 211 Å². The molecule has 2 unspecified atom stereocenters. The second-order valence-corrected chi connectivity index (χ2v) is 11.5. The van der Waals surface area contributed by atoms with Gasteiger partial charge in [-0.15, -0.1) is 0 Å². The highest BCUT2D eigenvalue weighted by Gasteiger charge is 2.39. The first-order chi connectivity index (χ1) is 16.7. The number of rotatable bonds is 3. The molecule has 1 aliphatic heterocycles. The topological polar surface area (TPSA) is 99.8 Å². The number of nitrogens with zero attached hydrogens (tertiary/aromatic N) is 1. The Bertz CT molecular complexity index is 726. The zero-order chi connectivity index (χ0) is 25.5. The van der Waals surface area contributed by atoms with Crippen molar-refractivity contribution in [1.29, 1.82) is 0 Å². The van der Waals surface area contributed by atoms with E-state index in [1.165, 1.54) is 17.7 Å². The summed E-state index contributed by atoms with van der Waals surface area (Å²) in [6.07, 6.45) is 9.45. The zero-order valence-electron chi connectivity index (χ0n) is 22.5. The normalized spacial score (nSPS) is 35.0. The molecule has 3 N–H and O–H groups in total. The number of hydrogen-bond acceptors (Lipinski definition) is 5. The average molecular weight is 493 g/mol. The van der Waals surface area contributed by atoms with Crippen molar-refractivity contribution < 1.29 is 19.1 Å². The van der Waals surface area contributed by atoms with Crippen LogP contribution in [0.15, 0.2) is 0 Å². The molecule has 8 heteroatoms. The molecular formula is C27H48N4O4. The highest BCUT2D eigenvalue weighted by molar-refractivity contribution is 5.93. The molecule has 35 heavy (non-hydrogen) atoms. The fourth-order valence-electron chi connectivity index (χ4n) is 5.49. The third kappa shape index (κ3) is 8.17. The van der Waals surface area contributed by atoms with Crippen LogP contribution >= 0.6 is 0 Å². The molecule has 6 atom stereocenters. The minimum Gasteiger partial charge on any atom is -0.377 e. The molecule has 200 valence electrons. The molecule has 2 aliphatic carbocycles. The Morgan fingerprint density at radius 3 is 2.29 bits per heavy atom. The van der Waals surface area contributed by atoms with Gasteiger partial charge in [0.25, 0.3) is 0 Å². The molecule has 3 aliphatic rings. The second-order valence-electron chi connectivity index (χ2n) is 11.5. The van der Waals surface area contributed by atoms with Crippen LogP contribution in [0, 0.1) is 17.8 Å². The van der Waals surface area contributed by atoms with Crippen LogP contribution in [0.25, 0.3) is 0 Å². The summed E-state index contributed by atoms with van der Waals surface area (Å²) < 4.78 is 6.32. The van der Waals surface area contributed by atoms with Gasteiger partial charge in [0.1, 0.15) is 12.1 Å². The summed E-state index contributed by atoms with van der Waals surface area (Å²) >= 11 is 0. The lowest BCUT2D eigenvalue weighted by molar-refractivity contribution is -0.141. The standard InChI is InChI=1S/C27H48N4O4/c1-17(2)16-22-26(33)29-18(3)10-11-20-8-6-7-9-23(20)35-15-14-28-24(21-12-13-21)27(34)31(5)19(4)25(32)30-22/h17-24,28H,6-16H2,1-5H3,(H,29,33)(H,30,32)/t18-,19+,20?,22+,23?,24-/m0/s1. The highest BCUT2D eigenvalue weighted by Crippen LogP contribution is 2.34. The van der Waals surface area contributed by atoms with Crippen molar-refractivity contribution in [2.45, 2.75) is 116 Å². The number of nitrogens with one attached hydrogen (secondary N) is 3. The fraction of sp³-hybridized carbons (Fsp3) is 0.889. The van der Waals surface area contributed by atoms with Crippen LogP contribution in [-0.4, -0.2) is 73.1 Å². The average Bonchev–Trinajstić information content (AvgIpc) is 3.66. The molecule has 0 aromatic carbocycles. The van der Waals surface area contributed by atoms with Gasteiger partial charge in [-0.3, -0.25) is 14.4 Å². The van der Waals surface area contributed by atoms with Crippen molar-refractivity contribution in [2.75, 3.05) is 20.2 Å². The lowest BCUT2D eigenvalue weighted by Gasteiger charge is -2.33. The Morgan fingerprint density at radius 2 is 1.60 bits per heavy atom. The smallest absolute Gasteiger partial charge is 0.243 e. The lowest BCUT2D eigenvalue weighted by atomic mass is 9.82. The molecule has 0 spiro atoms. The summed E-state index contributed by atoms with van der Waals surface area (Å²) in [7, 11) is 1.69. The van der Waals surface area contributed by atoms with E-state index in [0.717, 1.165) is 38.5 Å². The van der Waals surface area contributed by atoms with E-state index < -0.39 is 12.1 Å². The third-order valence-electron chi connectivity index (χ3n) is 8.00. The summed E-state index contributed by atoms with van der Waals surface area (Å²) in [5.74, 6) is 0.562. The van der Waals surface area contributed by atoms with Gasteiger partial charge < -0.3 is 25.6 Å². The van der Waals surface area contributed by atoms with Gasteiger partial charge in [-0.2, -0.15) is 0 Å². The van der Waals surface area contributed by atoms with Gasteiger partial charge in [-0.1, -0.05) is 26.7 Å². The van der Waals surface area contributed by atoms with Crippen LogP contribution in [-0.2, 0) is 19.1 Å². The maximum absolute atomic E-state index is 13.3. The van der Waals surface area contributed by atoms with Crippen molar-refractivity contribution in [3.8, 4) is 0 Å². The number of fused-ring (bicyclic) bond motifs is 1. The van der Waals surface area contributed by atoms with Crippen molar-refractivity contribution in [1.82, 2.24) is 20.9 Å². The molecule has 0 bridgehead atoms. The molecule has 3 fully saturated rings. The monoisotopic (exact) mass is 492 g/mol. The van der Waals surface area contributed by atoms with E-state index >= 15 is 0 Å². The first-order valence-electron chi connectivity index (χ1n) is 13.9. The minimum absolute atomic E-state index is 0.0261. The third-order valence-corrected chi connectivity index (χ3v) is 8.00. The van der Waals surface area contributed by atoms with Crippen LogP contribution in [0.3, 0.4) is 0 Å². The largest absolute Gasteiger partial charge is 0.377 e. The lowest BCUT2D eigenvalue weighted by Crippen LogP contribution is -2.57. The van der Waals surface area contributed by atoms with Gasteiger partial charge in [-0.05, 0) is 76.5 Å². The summed E-state index contributed by atoms with van der Waals surface area (Å²) in [6, 6.07) is -1.55. The van der Waals surface area contributed by atoms with E-state index in [1.54, 1.807) is 14.0 Å². The van der Waals surface area contributed by atoms with E-state index in [1.807, 2.05) is 20.8 Å². The molecule has 2 saturated carbocycles. The summed E-state index contributed by atoms with van der Waals surface area (Å²) in [5.41, 5.74) is 0. The van der Waals surface area contributed by atoms with Gasteiger partial charge in [0.2, 0.25) is 17.7 Å². The summed E-state index contributed by atoms with van der Waals surface area (Å²) in [6.45, 7) is 9.08. The first kappa shape index (κ1) is 27.9. The number of carbonyl (C=O) groups is 3. The van der Waals surface area contributed by atoms with Crippen LogP contribution in [0.4, 0.5) is 0 Å². The molecule has 1 heterocycles. The molecule has 0 aromatic rings. The summed E-state index contributed by atoms with van der Waals surface area (Å²) in [4.78, 5) is 41.1. The van der Waals surface area contributed by atoms with Crippen molar-refractivity contribution in [2.24, 2.45) is 17.8 Å². The molecule has 0 aromatic heterocycles. The quantitative estimate of drug-likeness (QED) is 0.562. The SMILES string of the molecule is CC(C)C[C@H]1NC(=O)[C@@H](C)N(C)C(=O)[C@H](C2CC2)NCCOC2CCCCC2CC[C@H](C)NC1=O.